The summed E-state index contributed by atoms with van der Waals surface area (Å²) in [6, 6.07) is 50.4. The van der Waals surface area contributed by atoms with E-state index in [9.17, 15) is 8.42 Å². The molecule has 0 aromatic heterocycles. The van der Waals surface area contributed by atoms with Crippen LogP contribution < -0.4 is 9.80 Å². The average Bonchev–Trinajstić information content (AvgIpc) is 3.59. The van der Waals surface area contributed by atoms with Gasteiger partial charge in [-0.1, -0.05) is 82.9 Å². The van der Waals surface area contributed by atoms with Crippen LogP contribution >= 0.6 is 0 Å². The lowest BCUT2D eigenvalue weighted by molar-refractivity contribution is 0.683. The SMILES string of the molecule is Cc1ccc(N(c2ccc(C)cc2)c2ccc3c(c2)S(=O)c2cc4c(cc2-3)S(=O)c2cc(N(c3ccc(C)cc3)c3ccc(C)cc3)ccc2-4)cc1. The highest BCUT2D eigenvalue weighted by Crippen LogP contribution is 2.51. The summed E-state index contributed by atoms with van der Waals surface area (Å²) < 4.78 is 28.7. The van der Waals surface area contributed by atoms with Crippen LogP contribution in [-0.2, 0) is 21.6 Å². The number of rotatable bonds is 6. The van der Waals surface area contributed by atoms with E-state index in [-0.39, 0.29) is 0 Å². The molecule has 2 atom stereocenters. The molecular formula is C46H36N2O2S2. The molecule has 2 aliphatic heterocycles. The molecule has 2 aliphatic rings. The third-order valence-electron chi connectivity index (χ3n) is 10.1. The normalized spacial score (nSPS) is 15.1. The topological polar surface area (TPSA) is 40.6 Å². The molecule has 0 bridgehead atoms. The number of benzene rings is 7. The van der Waals surface area contributed by atoms with Gasteiger partial charge in [-0.15, -0.1) is 0 Å². The van der Waals surface area contributed by atoms with Gasteiger partial charge in [-0.2, -0.15) is 0 Å². The first-order chi connectivity index (χ1) is 25.2. The van der Waals surface area contributed by atoms with E-state index >= 15 is 0 Å². The van der Waals surface area contributed by atoms with Crippen LogP contribution in [0.5, 0.6) is 0 Å². The van der Waals surface area contributed by atoms with Crippen LogP contribution in [0.2, 0.25) is 0 Å². The van der Waals surface area contributed by atoms with Gasteiger partial charge in [0.25, 0.3) is 0 Å². The minimum Gasteiger partial charge on any atom is -0.310 e. The molecule has 0 saturated heterocycles. The van der Waals surface area contributed by atoms with Crippen molar-refractivity contribution in [2.24, 2.45) is 0 Å². The van der Waals surface area contributed by atoms with Gasteiger partial charge in [0.2, 0.25) is 0 Å². The van der Waals surface area contributed by atoms with E-state index in [0.29, 0.717) is 0 Å². The van der Waals surface area contributed by atoms with Crippen molar-refractivity contribution in [3.63, 3.8) is 0 Å². The molecule has 6 heteroatoms. The highest BCUT2D eigenvalue weighted by molar-refractivity contribution is 7.86. The van der Waals surface area contributed by atoms with Crippen LogP contribution in [0.25, 0.3) is 22.3 Å². The molecule has 2 unspecified atom stereocenters. The van der Waals surface area contributed by atoms with E-state index in [4.69, 9.17) is 0 Å². The van der Waals surface area contributed by atoms with Crippen molar-refractivity contribution < 1.29 is 8.42 Å². The number of aryl methyl sites for hydroxylation is 4. The monoisotopic (exact) mass is 712 g/mol. The Bertz CT molecular complexity index is 2300. The summed E-state index contributed by atoms with van der Waals surface area (Å²) in [6.45, 7) is 8.35. The molecule has 0 spiro atoms. The molecule has 2 heterocycles. The molecule has 0 radical (unpaired) electrons. The van der Waals surface area contributed by atoms with Crippen LogP contribution in [0, 0.1) is 27.7 Å². The molecule has 4 nitrogen and oxygen atoms in total. The van der Waals surface area contributed by atoms with Crippen LogP contribution in [-0.4, -0.2) is 8.42 Å². The second-order valence-electron chi connectivity index (χ2n) is 13.8. The smallest absolute Gasteiger partial charge is 0.0863 e. The Hall–Kier alpha value is -5.56. The Kier molecular flexibility index (Phi) is 7.83. The average molecular weight is 713 g/mol. The first-order valence-electron chi connectivity index (χ1n) is 17.4. The van der Waals surface area contributed by atoms with E-state index in [2.05, 4.69) is 171 Å². The van der Waals surface area contributed by atoms with Crippen molar-refractivity contribution in [2.45, 2.75) is 47.3 Å². The van der Waals surface area contributed by atoms with E-state index in [1.54, 1.807) is 0 Å². The van der Waals surface area contributed by atoms with Gasteiger partial charge in [-0.25, -0.2) is 8.42 Å². The lowest BCUT2D eigenvalue weighted by Crippen LogP contribution is -2.10. The molecule has 52 heavy (non-hydrogen) atoms. The fraction of sp³-hybridized carbons (Fsp3) is 0.0870. The summed E-state index contributed by atoms with van der Waals surface area (Å²) in [5.74, 6) is 0. The van der Waals surface area contributed by atoms with Crippen molar-refractivity contribution in [1.29, 1.82) is 0 Å². The van der Waals surface area contributed by atoms with Crippen molar-refractivity contribution in [3.05, 3.63) is 168 Å². The fourth-order valence-electron chi connectivity index (χ4n) is 7.25. The first-order valence-corrected chi connectivity index (χ1v) is 19.7. The second kappa shape index (κ2) is 12.6. The third kappa shape index (κ3) is 5.42. The minimum atomic E-state index is -1.40. The molecule has 0 fully saturated rings. The van der Waals surface area contributed by atoms with Crippen LogP contribution in [0.1, 0.15) is 22.3 Å². The standard InChI is InChI=1S/C46H36N2O2S2/c1-29-5-13-33(14-6-29)47(34-15-7-30(2)8-16-34)37-21-23-39-41-27-46-42(28-45(41)51(49)43(39)25-37)40-24-22-38(26-44(40)52(46)50)48(35-17-9-31(3)10-18-35)36-19-11-32(4)12-20-36/h5-28H,1-4H3. The molecule has 7 aromatic rings. The largest absolute Gasteiger partial charge is 0.310 e. The second-order valence-corrected chi connectivity index (χ2v) is 16.6. The maximum Gasteiger partial charge on any atom is 0.0863 e. The summed E-state index contributed by atoms with van der Waals surface area (Å²) in [5.41, 5.74) is 14.4. The van der Waals surface area contributed by atoms with Gasteiger partial charge in [0.1, 0.15) is 0 Å². The zero-order valence-electron chi connectivity index (χ0n) is 29.4. The summed E-state index contributed by atoms with van der Waals surface area (Å²) in [7, 11) is -2.80. The van der Waals surface area contributed by atoms with Crippen LogP contribution in [0.15, 0.2) is 165 Å². The Morgan fingerprint density at radius 2 is 0.558 bits per heavy atom. The molecule has 0 amide bonds. The van der Waals surface area contributed by atoms with Gasteiger partial charge in [0, 0.05) is 45.3 Å². The number of hydrogen-bond donors (Lipinski definition) is 0. The lowest BCUT2D eigenvalue weighted by Gasteiger charge is -2.26. The summed E-state index contributed by atoms with van der Waals surface area (Å²) in [5, 5.41) is 0. The van der Waals surface area contributed by atoms with E-state index in [1.165, 1.54) is 22.3 Å². The first kappa shape index (κ1) is 32.4. The molecule has 0 N–H and O–H groups in total. The Balaban J connectivity index is 1.10. The summed E-state index contributed by atoms with van der Waals surface area (Å²) >= 11 is 0. The fourth-order valence-corrected chi connectivity index (χ4v) is 10.1. The number of hydrogen-bond acceptors (Lipinski definition) is 4. The Morgan fingerprint density at radius 3 is 0.846 bits per heavy atom. The van der Waals surface area contributed by atoms with Crippen molar-refractivity contribution >= 4 is 55.7 Å². The zero-order valence-corrected chi connectivity index (χ0v) is 31.0. The predicted molar refractivity (Wildman–Crippen MR) is 215 cm³/mol. The molecule has 0 saturated carbocycles. The van der Waals surface area contributed by atoms with Gasteiger partial charge < -0.3 is 9.80 Å². The highest BCUT2D eigenvalue weighted by atomic mass is 32.2. The van der Waals surface area contributed by atoms with Gasteiger partial charge in [-0.3, -0.25) is 0 Å². The quantitative estimate of drug-likeness (QED) is 0.172. The van der Waals surface area contributed by atoms with Gasteiger partial charge in [0.15, 0.2) is 0 Å². The molecule has 254 valence electrons. The van der Waals surface area contributed by atoms with Crippen LogP contribution in [0.3, 0.4) is 0 Å². The van der Waals surface area contributed by atoms with E-state index < -0.39 is 21.6 Å². The predicted octanol–water partition coefficient (Wildman–Crippen LogP) is 12.2. The summed E-state index contributed by atoms with van der Waals surface area (Å²) in [6.07, 6.45) is 0. The van der Waals surface area contributed by atoms with Gasteiger partial charge in [-0.05, 0) is 124 Å². The summed E-state index contributed by atoms with van der Waals surface area (Å²) in [4.78, 5) is 7.48. The maximum absolute atomic E-state index is 14.3. The number of anilines is 6. The molecular weight excluding hydrogens is 677 g/mol. The lowest BCUT2D eigenvalue weighted by atomic mass is 9.99. The van der Waals surface area contributed by atoms with Crippen molar-refractivity contribution in [1.82, 2.24) is 0 Å². The van der Waals surface area contributed by atoms with Gasteiger partial charge >= 0.3 is 0 Å². The van der Waals surface area contributed by atoms with E-state index in [0.717, 1.165) is 76.0 Å². The molecule has 7 aromatic carbocycles. The minimum absolute atomic E-state index is 0.762. The number of nitrogens with zero attached hydrogens (tertiary/aromatic N) is 2. The Labute approximate surface area is 309 Å². The maximum atomic E-state index is 14.3. The van der Waals surface area contributed by atoms with Crippen molar-refractivity contribution in [3.8, 4) is 22.3 Å². The number of fused-ring (bicyclic) bond motifs is 6. The van der Waals surface area contributed by atoms with Crippen LogP contribution in [0.4, 0.5) is 34.1 Å². The van der Waals surface area contributed by atoms with E-state index in [1.807, 2.05) is 12.1 Å². The van der Waals surface area contributed by atoms with Crippen molar-refractivity contribution in [2.75, 3.05) is 9.80 Å². The molecule has 0 aliphatic carbocycles. The molecule has 9 rings (SSSR count). The highest BCUT2D eigenvalue weighted by Gasteiger charge is 2.34. The van der Waals surface area contributed by atoms with Gasteiger partial charge in [0.05, 0.1) is 41.2 Å². The zero-order chi connectivity index (χ0) is 35.7. The third-order valence-corrected chi connectivity index (χ3v) is 13.0. The Morgan fingerprint density at radius 1 is 0.308 bits per heavy atom.